The van der Waals surface area contributed by atoms with Gasteiger partial charge in [-0.05, 0) is 53.2 Å². The zero-order valence-corrected chi connectivity index (χ0v) is 19.4. The maximum absolute atomic E-state index is 12.9. The minimum atomic E-state index is -0.344. The Kier molecular flexibility index (Phi) is 6.80. The van der Waals surface area contributed by atoms with Crippen LogP contribution >= 0.6 is 39.3 Å². The molecule has 156 valence electrons. The van der Waals surface area contributed by atoms with E-state index in [-0.39, 0.29) is 17.7 Å². The number of nitrogens with zero attached hydrogens (tertiary/aromatic N) is 1. The summed E-state index contributed by atoms with van der Waals surface area (Å²) in [6, 6.07) is 22.6. The van der Waals surface area contributed by atoms with Gasteiger partial charge in [-0.2, -0.15) is 0 Å². The standard InChI is InChI=1S/C24H17BrClNO3S/c25-19-10-11-21(30-15-16-6-2-1-3-7-16)18(12-19)13-22-23(28)27(24(29)31-22)14-17-8-4-5-9-20(17)26/h1-13H,14-15H2/b22-13-. The normalized spacial score (nSPS) is 15.0. The Morgan fingerprint density at radius 1 is 1.00 bits per heavy atom. The first-order chi connectivity index (χ1) is 15.0. The summed E-state index contributed by atoms with van der Waals surface area (Å²) in [6.07, 6.45) is 1.70. The lowest BCUT2D eigenvalue weighted by Crippen LogP contribution is -2.27. The van der Waals surface area contributed by atoms with Crippen molar-refractivity contribution in [1.29, 1.82) is 0 Å². The molecule has 0 spiro atoms. The summed E-state index contributed by atoms with van der Waals surface area (Å²) < 4.78 is 6.84. The molecule has 4 rings (SSSR count). The van der Waals surface area contributed by atoms with Crippen molar-refractivity contribution in [3.8, 4) is 5.75 Å². The van der Waals surface area contributed by atoms with E-state index in [1.165, 1.54) is 4.90 Å². The van der Waals surface area contributed by atoms with Crippen LogP contribution in [0.25, 0.3) is 6.08 Å². The first kappa shape index (κ1) is 21.7. The summed E-state index contributed by atoms with van der Waals surface area (Å²) in [5.41, 5.74) is 2.48. The van der Waals surface area contributed by atoms with Gasteiger partial charge in [-0.3, -0.25) is 14.5 Å². The average Bonchev–Trinajstić information content (AvgIpc) is 3.03. The molecule has 0 aliphatic carbocycles. The van der Waals surface area contributed by atoms with E-state index in [1.807, 2.05) is 60.7 Å². The number of ether oxygens (including phenoxy) is 1. The molecule has 1 heterocycles. The molecule has 4 nitrogen and oxygen atoms in total. The SMILES string of the molecule is O=C1S/C(=C\c2cc(Br)ccc2OCc2ccccc2)C(=O)N1Cc1ccccc1Cl. The van der Waals surface area contributed by atoms with Crippen molar-refractivity contribution in [3.05, 3.63) is 104 Å². The predicted octanol–water partition coefficient (Wildman–Crippen LogP) is 6.92. The number of benzene rings is 3. The number of carbonyl (C=O) groups excluding carboxylic acids is 2. The minimum Gasteiger partial charge on any atom is -0.488 e. The molecule has 0 aromatic heterocycles. The number of hydrogen-bond acceptors (Lipinski definition) is 4. The van der Waals surface area contributed by atoms with Gasteiger partial charge in [-0.15, -0.1) is 0 Å². The molecule has 1 aliphatic heterocycles. The number of rotatable bonds is 6. The van der Waals surface area contributed by atoms with Gasteiger partial charge in [0, 0.05) is 15.1 Å². The molecule has 0 radical (unpaired) electrons. The summed E-state index contributed by atoms with van der Waals surface area (Å²) >= 11 is 10.6. The smallest absolute Gasteiger partial charge is 0.293 e. The third kappa shape index (κ3) is 5.21. The van der Waals surface area contributed by atoms with Crippen LogP contribution in [0.5, 0.6) is 5.75 Å². The van der Waals surface area contributed by atoms with Gasteiger partial charge in [0.05, 0.1) is 11.4 Å². The Balaban J connectivity index is 1.56. The maximum Gasteiger partial charge on any atom is 0.293 e. The zero-order valence-electron chi connectivity index (χ0n) is 16.3. The number of carbonyl (C=O) groups is 2. The molecule has 0 atom stereocenters. The molecule has 3 aromatic carbocycles. The molecule has 0 N–H and O–H groups in total. The van der Waals surface area contributed by atoms with E-state index in [0.717, 1.165) is 27.4 Å². The van der Waals surface area contributed by atoms with Crippen molar-refractivity contribution in [2.45, 2.75) is 13.2 Å². The number of imide groups is 1. The molecule has 2 amide bonds. The van der Waals surface area contributed by atoms with Crippen molar-refractivity contribution in [2.24, 2.45) is 0 Å². The highest BCUT2D eigenvalue weighted by atomic mass is 79.9. The van der Waals surface area contributed by atoms with Crippen molar-refractivity contribution in [2.75, 3.05) is 0 Å². The fourth-order valence-corrected chi connectivity index (χ4v) is 4.48. The van der Waals surface area contributed by atoms with Crippen molar-refractivity contribution in [1.82, 2.24) is 4.90 Å². The third-order valence-electron chi connectivity index (χ3n) is 4.66. The Morgan fingerprint density at radius 3 is 2.52 bits per heavy atom. The first-order valence-corrected chi connectivity index (χ1v) is 11.4. The fourth-order valence-electron chi connectivity index (χ4n) is 3.07. The second-order valence-corrected chi connectivity index (χ2v) is 9.13. The number of hydrogen-bond donors (Lipinski definition) is 0. The highest BCUT2D eigenvalue weighted by Crippen LogP contribution is 2.36. The van der Waals surface area contributed by atoms with E-state index in [1.54, 1.807) is 18.2 Å². The second-order valence-electron chi connectivity index (χ2n) is 6.82. The van der Waals surface area contributed by atoms with Crippen LogP contribution in [0.2, 0.25) is 5.02 Å². The van der Waals surface area contributed by atoms with Gasteiger partial charge in [0.25, 0.3) is 11.1 Å². The zero-order chi connectivity index (χ0) is 21.8. The number of halogens is 2. The van der Waals surface area contributed by atoms with Gasteiger partial charge in [-0.25, -0.2) is 0 Å². The lowest BCUT2D eigenvalue weighted by atomic mass is 10.1. The lowest BCUT2D eigenvalue weighted by Gasteiger charge is -2.13. The molecule has 1 saturated heterocycles. The Hall–Kier alpha value is -2.54. The Bertz CT molecular complexity index is 1170. The summed E-state index contributed by atoms with van der Waals surface area (Å²) in [4.78, 5) is 27.0. The van der Waals surface area contributed by atoms with E-state index >= 15 is 0 Å². The van der Waals surface area contributed by atoms with Crippen LogP contribution in [0, 0.1) is 0 Å². The Morgan fingerprint density at radius 2 is 1.74 bits per heavy atom. The number of amides is 2. The van der Waals surface area contributed by atoms with E-state index in [9.17, 15) is 9.59 Å². The molecule has 0 saturated carbocycles. The Labute approximate surface area is 198 Å². The van der Waals surface area contributed by atoms with E-state index in [0.29, 0.717) is 27.8 Å². The van der Waals surface area contributed by atoms with Crippen LogP contribution in [-0.2, 0) is 17.9 Å². The van der Waals surface area contributed by atoms with Gasteiger partial charge < -0.3 is 4.74 Å². The molecule has 0 unspecified atom stereocenters. The van der Waals surface area contributed by atoms with Gasteiger partial charge in [0.15, 0.2) is 0 Å². The van der Waals surface area contributed by atoms with Gasteiger partial charge in [-0.1, -0.05) is 76.1 Å². The highest BCUT2D eigenvalue weighted by Gasteiger charge is 2.35. The van der Waals surface area contributed by atoms with Crippen molar-refractivity contribution < 1.29 is 14.3 Å². The van der Waals surface area contributed by atoms with Gasteiger partial charge >= 0.3 is 0 Å². The summed E-state index contributed by atoms with van der Waals surface area (Å²) in [6.45, 7) is 0.537. The topological polar surface area (TPSA) is 46.6 Å². The van der Waals surface area contributed by atoms with Crippen LogP contribution in [0.4, 0.5) is 4.79 Å². The first-order valence-electron chi connectivity index (χ1n) is 9.46. The van der Waals surface area contributed by atoms with Crippen LogP contribution in [0.15, 0.2) is 82.2 Å². The van der Waals surface area contributed by atoms with Crippen LogP contribution in [-0.4, -0.2) is 16.0 Å². The fraction of sp³-hybridized carbons (Fsp3) is 0.0833. The van der Waals surface area contributed by atoms with Crippen LogP contribution in [0.3, 0.4) is 0 Å². The van der Waals surface area contributed by atoms with Crippen LogP contribution < -0.4 is 4.74 Å². The monoisotopic (exact) mass is 513 g/mol. The molecule has 31 heavy (non-hydrogen) atoms. The molecule has 1 aliphatic rings. The largest absolute Gasteiger partial charge is 0.488 e. The summed E-state index contributed by atoms with van der Waals surface area (Å²) in [7, 11) is 0. The van der Waals surface area contributed by atoms with Gasteiger partial charge in [0.2, 0.25) is 0 Å². The van der Waals surface area contributed by atoms with Crippen LogP contribution in [0.1, 0.15) is 16.7 Å². The predicted molar refractivity (Wildman–Crippen MR) is 128 cm³/mol. The summed E-state index contributed by atoms with van der Waals surface area (Å²) in [5, 5.41) is 0.201. The quantitative estimate of drug-likeness (QED) is 0.335. The maximum atomic E-state index is 12.9. The molecule has 0 bridgehead atoms. The van der Waals surface area contributed by atoms with Gasteiger partial charge in [0.1, 0.15) is 12.4 Å². The second kappa shape index (κ2) is 9.73. The lowest BCUT2D eigenvalue weighted by molar-refractivity contribution is -0.123. The van der Waals surface area contributed by atoms with E-state index in [4.69, 9.17) is 16.3 Å². The molecule has 3 aromatic rings. The molecule has 7 heteroatoms. The van der Waals surface area contributed by atoms with Crippen molar-refractivity contribution >= 4 is 56.5 Å². The third-order valence-corrected chi connectivity index (χ3v) is 6.42. The highest BCUT2D eigenvalue weighted by molar-refractivity contribution is 9.10. The average molecular weight is 515 g/mol. The minimum absolute atomic E-state index is 0.136. The van der Waals surface area contributed by atoms with E-state index in [2.05, 4.69) is 15.9 Å². The van der Waals surface area contributed by atoms with E-state index < -0.39 is 0 Å². The molecular weight excluding hydrogens is 498 g/mol. The molecule has 1 fully saturated rings. The number of thioether (sulfide) groups is 1. The van der Waals surface area contributed by atoms with Crippen molar-refractivity contribution in [3.63, 3.8) is 0 Å². The molecular formula is C24H17BrClNO3S. The summed E-state index contributed by atoms with van der Waals surface area (Å²) in [5.74, 6) is 0.286.